The lowest BCUT2D eigenvalue weighted by atomic mass is 9.91. The Bertz CT molecular complexity index is 1510. The smallest absolute Gasteiger partial charge is 0.270 e. The van der Waals surface area contributed by atoms with E-state index in [-0.39, 0.29) is 17.6 Å². The van der Waals surface area contributed by atoms with Crippen LogP contribution in [0.3, 0.4) is 0 Å². The Labute approximate surface area is 232 Å². The summed E-state index contributed by atoms with van der Waals surface area (Å²) in [4.78, 5) is 25.8. The molecule has 1 atom stereocenters. The molecule has 4 aromatic rings. The normalized spacial score (nSPS) is 16.4. The van der Waals surface area contributed by atoms with E-state index in [1.54, 1.807) is 23.7 Å². The predicted molar refractivity (Wildman–Crippen MR) is 156 cm³/mol. The highest BCUT2D eigenvalue weighted by molar-refractivity contribution is 6.30. The van der Waals surface area contributed by atoms with Crippen molar-refractivity contribution in [2.24, 2.45) is 13.0 Å². The molecule has 8 heteroatoms. The number of rotatable bonds is 5. The minimum Gasteiger partial charge on any atom is -0.365 e. The van der Waals surface area contributed by atoms with Crippen molar-refractivity contribution in [2.75, 3.05) is 24.5 Å². The van der Waals surface area contributed by atoms with Gasteiger partial charge in [-0.2, -0.15) is 0 Å². The molecule has 38 heavy (non-hydrogen) atoms. The lowest BCUT2D eigenvalue weighted by Gasteiger charge is -2.48. The molecule has 5 rings (SSSR count). The quantitative estimate of drug-likeness (QED) is 0.261. The third-order valence-electron chi connectivity index (χ3n) is 7.44. The third kappa shape index (κ3) is 5.02. The van der Waals surface area contributed by atoms with E-state index < -0.39 is 0 Å². The number of hydrogen-bond acceptors (Lipinski definition) is 4. The molecule has 1 saturated heterocycles. The van der Waals surface area contributed by atoms with Gasteiger partial charge < -0.3 is 14.3 Å². The maximum atomic E-state index is 12.9. The molecule has 0 bridgehead atoms. The van der Waals surface area contributed by atoms with Crippen LogP contribution in [0.2, 0.25) is 10.0 Å². The van der Waals surface area contributed by atoms with Gasteiger partial charge in [0.2, 0.25) is 5.52 Å². The number of nitrogens with zero attached hydrogens (tertiary/aromatic N) is 5. The van der Waals surface area contributed by atoms with Crippen LogP contribution < -0.4 is 10.5 Å². The summed E-state index contributed by atoms with van der Waals surface area (Å²) >= 11 is 12.5. The summed E-state index contributed by atoms with van der Waals surface area (Å²) in [5, 5.41) is 1.41. The van der Waals surface area contributed by atoms with E-state index in [9.17, 15) is 4.79 Å². The SMILES string of the molecule is [C-]#[N+]c1ccc2c(n1)c(N1CCN(C(c3ccc(Cl)cc3)c3ccc(Cl)cc3)[C@H](C(C)C)C1)cc(=O)n2C. The molecule has 0 aliphatic carbocycles. The third-order valence-corrected chi connectivity index (χ3v) is 7.95. The molecule has 0 saturated carbocycles. The minimum absolute atomic E-state index is 0.0197. The van der Waals surface area contributed by atoms with E-state index in [1.165, 1.54) is 11.1 Å². The molecular weight excluding hydrogens is 517 g/mol. The Morgan fingerprint density at radius 3 is 2.11 bits per heavy atom. The van der Waals surface area contributed by atoms with E-state index >= 15 is 0 Å². The van der Waals surface area contributed by atoms with E-state index in [4.69, 9.17) is 29.8 Å². The molecule has 3 heterocycles. The van der Waals surface area contributed by atoms with Gasteiger partial charge in [-0.05, 0) is 53.4 Å². The molecular formula is C30H29Cl2N5O. The molecule has 0 N–H and O–H groups in total. The van der Waals surface area contributed by atoms with Gasteiger partial charge in [0.1, 0.15) is 0 Å². The average Bonchev–Trinajstić information content (AvgIpc) is 2.92. The number of fused-ring (bicyclic) bond motifs is 1. The van der Waals surface area contributed by atoms with Crippen molar-refractivity contribution in [1.29, 1.82) is 0 Å². The fraction of sp³-hybridized carbons (Fsp3) is 0.300. The number of halogens is 2. The van der Waals surface area contributed by atoms with Gasteiger partial charge in [-0.1, -0.05) is 67.9 Å². The molecule has 0 radical (unpaired) electrons. The van der Waals surface area contributed by atoms with Crippen LogP contribution in [-0.2, 0) is 7.05 Å². The molecule has 1 fully saturated rings. The van der Waals surface area contributed by atoms with Crippen molar-refractivity contribution < 1.29 is 0 Å². The van der Waals surface area contributed by atoms with Crippen molar-refractivity contribution in [3.63, 3.8) is 0 Å². The van der Waals surface area contributed by atoms with Gasteiger partial charge >= 0.3 is 0 Å². The highest BCUT2D eigenvalue weighted by atomic mass is 35.5. The van der Waals surface area contributed by atoms with Gasteiger partial charge in [-0.15, -0.1) is 4.98 Å². The zero-order valence-corrected chi connectivity index (χ0v) is 23.1. The van der Waals surface area contributed by atoms with Crippen LogP contribution in [0.5, 0.6) is 0 Å². The van der Waals surface area contributed by atoms with Crippen LogP contribution in [0.25, 0.3) is 15.9 Å². The van der Waals surface area contributed by atoms with Crippen LogP contribution in [0.1, 0.15) is 31.0 Å². The zero-order chi connectivity index (χ0) is 27.0. The van der Waals surface area contributed by atoms with Crippen molar-refractivity contribution in [3.05, 3.63) is 110 Å². The van der Waals surface area contributed by atoms with E-state index in [1.807, 2.05) is 30.3 Å². The molecule has 0 amide bonds. The first-order chi connectivity index (χ1) is 18.3. The minimum atomic E-state index is -0.0893. The Balaban J connectivity index is 1.57. The van der Waals surface area contributed by atoms with Crippen LogP contribution in [-0.4, -0.2) is 40.1 Å². The lowest BCUT2D eigenvalue weighted by Crippen LogP contribution is -2.56. The summed E-state index contributed by atoms with van der Waals surface area (Å²) in [5.41, 5.74) is 4.44. The number of anilines is 1. The summed E-state index contributed by atoms with van der Waals surface area (Å²) in [6.45, 7) is 14.1. The number of pyridine rings is 2. The van der Waals surface area contributed by atoms with Crippen LogP contribution >= 0.6 is 23.2 Å². The van der Waals surface area contributed by atoms with Gasteiger partial charge in [0.15, 0.2) is 0 Å². The maximum absolute atomic E-state index is 12.9. The monoisotopic (exact) mass is 545 g/mol. The first-order valence-corrected chi connectivity index (χ1v) is 13.4. The van der Waals surface area contributed by atoms with E-state index in [0.717, 1.165) is 24.3 Å². The first kappa shape index (κ1) is 26.2. The van der Waals surface area contributed by atoms with Gasteiger partial charge in [0.25, 0.3) is 11.4 Å². The number of aromatic nitrogens is 2. The molecule has 2 aromatic heterocycles. The standard InChI is InChI=1S/C30H29Cl2N5O/c1-19(2)26-18-36(25-17-28(38)35(4)24-13-14-27(33-3)34-29(24)25)15-16-37(26)30(20-5-9-22(31)10-6-20)21-7-11-23(32)12-8-21/h5-14,17,19,26,30H,15-16,18H2,1-2,4H3/t26-/m0/s1. The topological polar surface area (TPSA) is 45.7 Å². The summed E-state index contributed by atoms with van der Waals surface area (Å²) in [6, 6.07) is 21.5. The molecule has 1 aliphatic rings. The Kier molecular flexibility index (Phi) is 7.45. The highest BCUT2D eigenvalue weighted by Gasteiger charge is 2.36. The number of benzene rings is 2. The molecule has 0 spiro atoms. The van der Waals surface area contributed by atoms with Gasteiger partial charge in [0.05, 0.1) is 17.2 Å². The number of aryl methyl sites for hydroxylation is 1. The fourth-order valence-corrected chi connectivity index (χ4v) is 5.68. The predicted octanol–water partition coefficient (Wildman–Crippen LogP) is 6.73. The second-order valence-corrected chi connectivity index (χ2v) is 10.9. The van der Waals surface area contributed by atoms with Crippen LogP contribution in [0.4, 0.5) is 11.5 Å². The summed E-state index contributed by atoms with van der Waals surface area (Å²) in [6.07, 6.45) is 0. The lowest BCUT2D eigenvalue weighted by molar-refractivity contribution is 0.105. The van der Waals surface area contributed by atoms with E-state index in [0.29, 0.717) is 33.8 Å². The van der Waals surface area contributed by atoms with Crippen molar-refractivity contribution >= 4 is 45.7 Å². The second-order valence-electron chi connectivity index (χ2n) is 10.1. The molecule has 194 valence electrons. The second kappa shape index (κ2) is 10.8. The Hall–Kier alpha value is -3.37. The largest absolute Gasteiger partial charge is 0.365 e. The molecule has 6 nitrogen and oxygen atoms in total. The molecule has 0 unspecified atom stereocenters. The highest BCUT2D eigenvalue weighted by Crippen LogP contribution is 2.37. The first-order valence-electron chi connectivity index (χ1n) is 12.7. The molecule has 1 aliphatic heterocycles. The number of piperazine rings is 1. The van der Waals surface area contributed by atoms with Crippen LogP contribution in [0.15, 0.2) is 71.5 Å². The Morgan fingerprint density at radius 1 is 0.947 bits per heavy atom. The van der Waals surface area contributed by atoms with Crippen molar-refractivity contribution in [3.8, 4) is 0 Å². The summed E-state index contributed by atoms with van der Waals surface area (Å²) < 4.78 is 1.59. The van der Waals surface area contributed by atoms with Gasteiger partial charge in [-0.25, -0.2) is 0 Å². The average molecular weight is 547 g/mol. The maximum Gasteiger partial charge on any atom is 0.270 e. The molecule has 2 aromatic carbocycles. The summed E-state index contributed by atoms with van der Waals surface area (Å²) in [5.74, 6) is 0.659. The summed E-state index contributed by atoms with van der Waals surface area (Å²) in [7, 11) is 1.74. The van der Waals surface area contributed by atoms with E-state index in [2.05, 4.69) is 57.7 Å². The van der Waals surface area contributed by atoms with Crippen molar-refractivity contribution in [2.45, 2.75) is 25.9 Å². The zero-order valence-electron chi connectivity index (χ0n) is 21.6. The fourth-order valence-electron chi connectivity index (χ4n) is 5.43. The number of hydrogen-bond donors (Lipinski definition) is 0. The van der Waals surface area contributed by atoms with Crippen LogP contribution in [0, 0.1) is 12.5 Å². The Morgan fingerprint density at radius 2 is 1.55 bits per heavy atom. The van der Waals surface area contributed by atoms with Gasteiger partial charge in [-0.3, -0.25) is 9.69 Å². The van der Waals surface area contributed by atoms with Crippen molar-refractivity contribution in [1.82, 2.24) is 14.5 Å². The van der Waals surface area contributed by atoms with Gasteiger partial charge in [0, 0.05) is 48.8 Å².